The molecule has 0 amide bonds. The molecule has 0 unspecified atom stereocenters. The Balaban J connectivity index is 2.59. The van der Waals surface area contributed by atoms with Gasteiger partial charge in [0.2, 0.25) is 5.82 Å². The Labute approximate surface area is 100 Å². The van der Waals surface area contributed by atoms with Gasteiger partial charge in [-0.05, 0) is 19.9 Å². The lowest BCUT2D eigenvalue weighted by atomic mass is 9.74. The topological polar surface area (TPSA) is 15.9 Å². The van der Waals surface area contributed by atoms with Crippen LogP contribution in [0.15, 0.2) is 29.5 Å². The lowest BCUT2D eigenvalue weighted by molar-refractivity contribution is -0.544. The van der Waals surface area contributed by atoms with Gasteiger partial charge in [0, 0.05) is 6.07 Å². The van der Waals surface area contributed by atoms with E-state index in [0.717, 1.165) is 12.1 Å². The van der Waals surface area contributed by atoms with E-state index in [0.29, 0.717) is 16.2 Å². The van der Waals surface area contributed by atoms with E-state index in [-0.39, 0.29) is 11.4 Å². The minimum atomic E-state index is -4.64. The van der Waals surface area contributed by atoms with Gasteiger partial charge in [-0.15, -0.1) is 0 Å². The van der Waals surface area contributed by atoms with E-state index >= 15 is 0 Å². The fourth-order valence-corrected chi connectivity index (χ4v) is 1.90. The summed E-state index contributed by atoms with van der Waals surface area (Å²) in [6.07, 6.45) is -4.19. The summed E-state index contributed by atoms with van der Waals surface area (Å²) in [5.74, 6) is -0.0378. The van der Waals surface area contributed by atoms with E-state index in [4.69, 9.17) is 0 Å². The Hall–Kier alpha value is -1.60. The first kappa shape index (κ1) is 12.9. The Morgan fingerprint density at radius 1 is 1.22 bits per heavy atom. The van der Waals surface area contributed by atoms with Crippen molar-refractivity contribution in [3.8, 4) is 0 Å². The van der Waals surface area contributed by atoms with Crippen molar-refractivity contribution in [3.63, 3.8) is 0 Å². The van der Waals surface area contributed by atoms with Gasteiger partial charge in [-0.1, -0.05) is 5.57 Å². The molecule has 2 nitrogen and oxygen atoms in total. The van der Waals surface area contributed by atoms with Gasteiger partial charge < -0.3 is 13.1 Å². The second kappa shape index (κ2) is 3.70. The summed E-state index contributed by atoms with van der Waals surface area (Å²) < 4.78 is 65.7. The van der Waals surface area contributed by atoms with Crippen LogP contribution in [0, 0.1) is 0 Å². The maximum atomic E-state index is 14.0. The molecule has 0 saturated carbocycles. The van der Waals surface area contributed by atoms with Crippen LogP contribution in [0.25, 0.3) is 0 Å². The summed E-state index contributed by atoms with van der Waals surface area (Å²) in [5, 5.41) is 2.46. The van der Waals surface area contributed by atoms with Crippen molar-refractivity contribution in [2.45, 2.75) is 20.0 Å². The quantitative estimate of drug-likeness (QED) is 0.562. The zero-order valence-corrected chi connectivity index (χ0v) is 9.65. The number of allylic oxidation sites excluding steroid dienone is 1. The van der Waals surface area contributed by atoms with Crippen molar-refractivity contribution in [1.29, 1.82) is 0 Å². The highest BCUT2D eigenvalue weighted by Gasteiger charge is 2.49. The molecule has 8 heteroatoms. The number of rotatable bonds is 0. The Kier molecular flexibility index (Phi) is 2.64. The zero-order valence-electron chi connectivity index (χ0n) is 9.65. The van der Waals surface area contributed by atoms with Crippen LogP contribution < -0.4 is 9.79 Å². The van der Waals surface area contributed by atoms with Gasteiger partial charge >= 0.3 is 13.0 Å². The van der Waals surface area contributed by atoms with Gasteiger partial charge in [0.25, 0.3) is 0 Å². The smallest absolute Gasteiger partial charge is 0.430 e. The normalized spacial score (nSPS) is 17.4. The van der Waals surface area contributed by atoms with Gasteiger partial charge in [-0.3, -0.25) is 5.32 Å². The first-order valence-electron chi connectivity index (χ1n) is 5.23. The predicted molar refractivity (Wildman–Crippen MR) is 57.0 cm³/mol. The number of pyridine rings is 1. The summed E-state index contributed by atoms with van der Waals surface area (Å²) in [6.45, 7) is -1.24. The monoisotopic (exact) mass is 264 g/mol. The van der Waals surface area contributed by atoms with E-state index in [1.54, 1.807) is 0 Å². The molecule has 1 aliphatic rings. The predicted octanol–water partition coefficient (Wildman–Crippen LogP) is 2.98. The third-order valence-electron chi connectivity index (χ3n) is 2.80. The molecule has 0 atom stereocenters. The highest BCUT2D eigenvalue weighted by atomic mass is 19.4. The van der Waals surface area contributed by atoms with E-state index < -0.39 is 18.6 Å². The molecule has 0 spiro atoms. The SMILES string of the molecule is CC(C)=C1Nc2ccc(C(F)(F)F)c[n+]2[B-]1(F)F. The standard InChI is InChI=1S/C10H10BF5N2/c1-6(2)9-11(15,16)18-5-7(10(12,13)14)3-4-8(18)17-9/h3-5,17H,1-2H3. The summed E-state index contributed by atoms with van der Waals surface area (Å²) in [7, 11) is 0. The highest BCUT2D eigenvalue weighted by Crippen LogP contribution is 2.32. The maximum absolute atomic E-state index is 14.0. The number of hydrogen-bond acceptors (Lipinski definition) is 1. The summed E-state index contributed by atoms with van der Waals surface area (Å²) >= 11 is 0. The van der Waals surface area contributed by atoms with Crippen LogP contribution in [0.5, 0.6) is 0 Å². The van der Waals surface area contributed by atoms with E-state index in [2.05, 4.69) is 5.32 Å². The summed E-state index contributed by atoms with van der Waals surface area (Å²) in [5.41, 5.74) is -1.07. The summed E-state index contributed by atoms with van der Waals surface area (Å²) in [6, 6.07) is 1.79. The molecule has 0 fully saturated rings. The fraction of sp³-hybridized carbons (Fsp3) is 0.300. The maximum Gasteiger partial charge on any atom is 0.586 e. The largest absolute Gasteiger partial charge is 0.586 e. The van der Waals surface area contributed by atoms with Gasteiger partial charge in [0.05, 0.1) is 17.4 Å². The van der Waals surface area contributed by atoms with Crippen molar-refractivity contribution < 1.29 is 26.3 Å². The average molecular weight is 264 g/mol. The van der Waals surface area contributed by atoms with Crippen molar-refractivity contribution >= 4 is 12.7 Å². The van der Waals surface area contributed by atoms with E-state index in [9.17, 15) is 21.8 Å². The molecule has 18 heavy (non-hydrogen) atoms. The third kappa shape index (κ3) is 1.85. The lowest BCUT2D eigenvalue weighted by Crippen LogP contribution is -2.56. The van der Waals surface area contributed by atoms with Crippen LogP contribution in [0.4, 0.5) is 27.6 Å². The molecular formula is C10H10BF5N2. The molecule has 1 aromatic heterocycles. The number of halogens is 5. The molecule has 2 rings (SSSR count). The fourth-order valence-electron chi connectivity index (χ4n) is 1.90. The molecule has 0 aliphatic carbocycles. The van der Waals surface area contributed by atoms with Crippen LogP contribution in [0.1, 0.15) is 19.4 Å². The molecule has 0 aromatic carbocycles. The van der Waals surface area contributed by atoms with Gasteiger partial charge in [0.15, 0.2) is 0 Å². The third-order valence-corrected chi connectivity index (χ3v) is 2.80. The first-order valence-corrected chi connectivity index (χ1v) is 5.23. The number of alkyl halides is 3. The second-order valence-corrected chi connectivity index (χ2v) is 4.37. The minimum Gasteiger partial charge on any atom is -0.430 e. The van der Waals surface area contributed by atoms with E-state index in [1.807, 2.05) is 0 Å². The Bertz CT molecular complexity index is 532. The van der Waals surface area contributed by atoms with Gasteiger partial charge in [-0.25, -0.2) is 0 Å². The molecule has 0 radical (unpaired) electrons. The van der Waals surface area contributed by atoms with Crippen molar-refractivity contribution in [2.24, 2.45) is 0 Å². The summed E-state index contributed by atoms with van der Waals surface area (Å²) in [4.78, 5) is 0. The Morgan fingerprint density at radius 3 is 2.33 bits per heavy atom. The molecule has 0 saturated heterocycles. The number of fused-ring (bicyclic) bond motifs is 1. The number of nitrogens with one attached hydrogen (secondary N) is 1. The number of nitrogens with zero attached hydrogens (tertiary/aromatic N) is 1. The number of anilines is 1. The van der Waals surface area contributed by atoms with Crippen LogP contribution in [0.3, 0.4) is 0 Å². The lowest BCUT2D eigenvalue weighted by Gasteiger charge is -2.16. The van der Waals surface area contributed by atoms with E-state index in [1.165, 1.54) is 13.8 Å². The molecule has 2 heterocycles. The zero-order chi connectivity index (χ0) is 13.7. The molecular weight excluding hydrogens is 254 g/mol. The first-order chi connectivity index (χ1) is 8.14. The highest BCUT2D eigenvalue weighted by molar-refractivity contribution is 6.67. The van der Waals surface area contributed by atoms with Crippen LogP contribution in [-0.4, -0.2) is 6.84 Å². The Morgan fingerprint density at radius 2 is 1.83 bits per heavy atom. The number of aromatic nitrogens is 1. The molecule has 1 N–H and O–H groups in total. The van der Waals surface area contributed by atoms with Crippen LogP contribution >= 0.6 is 0 Å². The molecule has 0 bridgehead atoms. The van der Waals surface area contributed by atoms with Crippen LogP contribution in [-0.2, 0) is 6.18 Å². The molecule has 1 aromatic rings. The van der Waals surface area contributed by atoms with Crippen molar-refractivity contribution in [1.82, 2.24) is 0 Å². The van der Waals surface area contributed by atoms with Crippen molar-refractivity contribution in [3.05, 3.63) is 35.1 Å². The average Bonchev–Trinajstić information content (AvgIpc) is 2.49. The van der Waals surface area contributed by atoms with Gasteiger partial charge in [-0.2, -0.15) is 13.2 Å². The minimum absolute atomic E-state index is 0.0378. The molecule has 98 valence electrons. The molecule has 1 aliphatic heterocycles. The van der Waals surface area contributed by atoms with Gasteiger partial charge in [0.1, 0.15) is 0 Å². The second-order valence-electron chi connectivity index (χ2n) is 4.37. The van der Waals surface area contributed by atoms with Crippen molar-refractivity contribution in [2.75, 3.05) is 5.32 Å². The van der Waals surface area contributed by atoms with Crippen LogP contribution in [0.2, 0.25) is 0 Å². The number of hydrogen-bond donors (Lipinski definition) is 1.